The van der Waals surface area contributed by atoms with E-state index in [2.05, 4.69) is 48.5 Å². The minimum absolute atomic E-state index is 0.435. The number of aryl methyl sites for hydroxylation is 2. The molecular weight excluding hydrogens is 324 g/mol. The van der Waals surface area contributed by atoms with E-state index in [-0.39, 0.29) is 0 Å². The first-order valence-corrected chi connectivity index (χ1v) is 9.34. The average molecular weight is 352 g/mol. The number of imidazole rings is 1. The number of aromatic nitrogens is 2. The molecule has 0 aliphatic heterocycles. The van der Waals surface area contributed by atoms with Gasteiger partial charge in [-0.3, -0.25) is 0 Å². The van der Waals surface area contributed by atoms with E-state index in [9.17, 15) is 5.11 Å². The van der Waals surface area contributed by atoms with Gasteiger partial charge in [-0.15, -0.1) is 0 Å². The lowest BCUT2D eigenvalue weighted by molar-refractivity contribution is 0.183. The number of hydrogen-bond donors (Lipinski definition) is 1. The number of aliphatic hydroxyl groups is 1. The Hall–Kier alpha value is -2.33. The van der Waals surface area contributed by atoms with Crippen LogP contribution in [0.25, 0.3) is 11.0 Å². The predicted molar refractivity (Wildman–Crippen MR) is 106 cm³/mol. The molecule has 26 heavy (non-hydrogen) atoms. The first kappa shape index (κ1) is 18.5. The molecule has 0 aliphatic carbocycles. The van der Waals surface area contributed by atoms with Crippen molar-refractivity contribution in [2.45, 2.75) is 52.7 Å². The van der Waals surface area contributed by atoms with Gasteiger partial charge in [0.25, 0.3) is 0 Å². The van der Waals surface area contributed by atoms with Crippen LogP contribution in [-0.2, 0) is 6.54 Å². The van der Waals surface area contributed by atoms with Gasteiger partial charge in [-0.2, -0.15) is 0 Å². The van der Waals surface area contributed by atoms with Crippen molar-refractivity contribution >= 4 is 11.0 Å². The summed E-state index contributed by atoms with van der Waals surface area (Å²) in [5.41, 5.74) is 4.43. The van der Waals surface area contributed by atoms with Crippen LogP contribution in [0.3, 0.4) is 0 Å². The lowest BCUT2D eigenvalue weighted by atomic mass is 10.0. The molecule has 4 heteroatoms. The molecule has 1 atom stereocenters. The van der Waals surface area contributed by atoms with E-state index >= 15 is 0 Å². The largest absolute Gasteiger partial charge is 0.493 e. The minimum Gasteiger partial charge on any atom is -0.493 e. The molecule has 138 valence electrons. The number of rotatable bonds is 7. The van der Waals surface area contributed by atoms with Gasteiger partial charge < -0.3 is 14.4 Å². The topological polar surface area (TPSA) is 47.3 Å². The second kappa shape index (κ2) is 7.92. The fourth-order valence-electron chi connectivity index (χ4n) is 3.30. The van der Waals surface area contributed by atoms with Gasteiger partial charge in [-0.1, -0.05) is 38.1 Å². The Balaban J connectivity index is 1.71. The SMILES string of the molecule is Cc1ccc(C(C)C)c(OCCCn2c(C(C)O)nc3ccccc32)c1. The van der Waals surface area contributed by atoms with E-state index < -0.39 is 6.10 Å². The normalized spacial score (nSPS) is 12.7. The van der Waals surface area contributed by atoms with Crippen LogP contribution in [0.5, 0.6) is 5.75 Å². The van der Waals surface area contributed by atoms with Crippen LogP contribution in [0.2, 0.25) is 0 Å². The molecule has 0 bridgehead atoms. The lowest BCUT2D eigenvalue weighted by Gasteiger charge is -2.16. The molecule has 0 saturated heterocycles. The molecule has 4 nitrogen and oxygen atoms in total. The number of fused-ring (bicyclic) bond motifs is 1. The fraction of sp³-hybridized carbons (Fsp3) is 0.409. The van der Waals surface area contributed by atoms with E-state index in [1.807, 2.05) is 24.3 Å². The Kier molecular flexibility index (Phi) is 5.62. The first-order valence-electron chi connectivity index (χ1n) is 9.34. The van der Waals surface area contributed by atoms with E-state index in [4.69, 9.17) is 4.74 Å². The van der Waals surface area contributed by atoms with Gasteiger partial charge in [0.05, 0.1) is 17.6 Å². The van der Waals surface area contributed by atoms with Gasteiger partial charge in [0.15, 0.2) is 0 Å². The van der Waals surface area contributed by atoms with Crippen LogP contribution in [0.1, 0.15) is 56.2 Å². The Labute approximate surface area is 155 Å². The lowest BCUT2D eigenvalue weighted by Crippen LogP contribution is -2.10. The minimum atomic E-state index is -0.590. The molecule has 1 heterocycles. The number of benzene rings is 2. The molecule has 0 fully saturated rings. The first-order chi connectivity index (χ1) is 12.5. The van der Waals surface area contributed by atoms with Crippen molar-refractivity contribution in [3.8, 4) is 5.75 Å². The number of ether oxygens (including phenoxy) is 1. The molecular formula is C22H28N2O2. The van der Waals surface area contributed by atoms with Gasteiger partial charge in [0, 0.05) is 6.54 Å². The molecule has 1 aromatic heterocycles. The number of hydrogen-bond acceptors (Lipinski definition) is 3. The fourth-order valence-corrected chi connectivity index (χ4v) is 3.30. The van der Waals surface area contributed by atoms with Crippen molar-refractivity contribution in [2.75, 3.05) is 6.61 Å². The molecule has 0 amide bonds. The maximum atomic E-state index is 10.1. The summed E-state index contributed by atoms with van der Waals surface area (Å²) in [6.45, 7) is 9.62. The van der Waals surface area contributed by atoms with Crippen molar-refractivity contribution in [1.29, 1.82) is 0 Å². The van der Waals surface area contributed by atoms with Gasteiger partial charge >= 0.3 is 0 Å². The summed E-state index contributed by atoms with van der Waals surface area (Å²) in [6, 6.07) is 14.4. The highest BCUT2D eigenvalue weighted by atomic mass is 16.5. The molecule has 0 saturated carbocycles. The third-order valence-corrected chi connectivity index (χ3v) is 4.63. The quantitative estimate of drug-likeness (QED) is 0.609. The number of nitrogens with zero attached hydrogens (tertiary/aromatic N) is 2. The van der Waals surface area contributed by atoms with Gasteiger partial charge in [0.2, 0.25) is 0 Å². The summed E-state index contributed by atoms with van der Waals surface area (Å²) in [5, 5.41) is 10.1. The van der Waals surface area contributed by atoms with Gasteiger partial charge in [-0.25, -0.2) is 4.98 Å². The number of aliphatic hydroxyl groups excluding tert-OH is 1. The van der Waals surface area contributed by atoms with Crippen LogP contribution in [0.15, 0.2) is 42.5 Å². The van der Waals surface area contributed by atoms with Crippen molar-refractivity contribution < 1.29 is 9.84 Å². The number of para-hydroxylation sites is 2. The van der Waals surface area contributed by atoms with Crippen molar-refractivity contribution in [2.24, 2.45) is 0 Å². The Morgan fingerprint density at radius 2 is 1.88 bits per heavy atom. The van der Waals surface area contributed by atoms with Crippen LogP contribution >= 0.6 is 0 Å². The van der Waals surface area contributed by atoms with Crippen LogP contribution < -0.4 is 4.74 Å². The third kappa shape index (κ3) is 3.91. The summed E-state index contributed by atoms with van der Waals surface area (Å²) in [7, 11) is 0. The van der Waals surface area contributed by atoms with Crippen LogP contribution in [-0.4, -0.2) is 21.3 Å². The maximum absolute atomic E-state index is 10.1. The van der Waals surface area contributed by atoms with Crippen molar-refractivity contribution in [3.63, 3.8) is 0 Å². The van der Waals surface area contributed by atoms with E-state index in [1.165, 1.54) is 11.1 Å². The van der Waals surface area contributed by atoms with E-state index in [0.29, 0.717) is 18.3 Å². The highest BCUT2D eigenvalue weighted by Crippen LogP contribution is 2.28. The van der Waals surface area contributed by atoms with E-state index in [1.54, 1.807) is 6.92 Å². The third-order valence-electron chi connectivity index (χ3n) is 4.63. The molecule has 1 unspecified atom stereocenters. The molecule has 3 rings (SSSR count). The zero-order valence-corrected chi connectivity index (χ0v) is 16.1. The molecule has 1 N–H and O–H groups in total. The summed E-state index contributed by atoms with van der Waals surface area (Å²) >= 11 is 0. The zero-order valence-electron chi connectivity index (χ0n) is 16.1. The summed E-state index contributed by atoms with van der Waals surface area (Å²) in [6.07, 6.45) is 0.263. The van der Waals surface area contributed by atoms with Crippen LogP contribution in [0.4, 0.5) is 0 Å². The second-order valence-electron chi connectivity index (χ2n) is 7.18. The van der Waals surface area contributed by atoms with Crippen LogP contribution in [0, 0.1) is 6.92 Å². The van der Waals surface area contributed by atoms with E-state index in [0.717, 1.165) is 29.7 Å². The Morgan fingerprint density at radius 3 is 2.62 bits per heavy atom. The summed E-state index contributed by atoms with van der Waals surface area (Å²) < 4.78 is 8.19. The highest BCUT2D eigenvalue weighted by Gasteiger charge is 2.14. The molecule has 0 spiro atoms. The Morgan fingerprint density at radius 1 is 1.12 bits per heavy atom. The molecule has 0 aliphatic rings. The Bertz CT molecular complexity index is 881. The molecule has 2 aromatic carbocycles. The monoisotopic (exact) mass is 352 g/mol. The zero-order chi connectivity index (χ0) is 18.7. The smallest absolute Gasteiger partial charge is 0.138 e. The molecule has 3 aromatic rings. The summed E-state index contributed by atoms with van der Waals surface area (Å²) in [4.78, 5) is 4.57. The standard InChI is InChI=1S/C22H28N2O2/c1-15(2)18-11-10-16(3)14-21(18)26-13-7-12-24-20-9-6-5-8-19(20)23-22(24)17(4)25/h5-6,8-11,14-15,17,25H,7,12-13H2,1-4H3. The van der Waals surface area contributed by atoms with Gasteiger partial charge in [-0.05, 0) is 55.5 Å². The van der Waals surface area contributed by atoms with Crippen molar-refractivity contribution in [3.05, 3.63) is 59.4 Å². The highest BCUT2D eigenvalue weighted by molar-refractivity contribution is 5.75. The average Bonchev–Trinajstić information content (AvgIpc) is 2.97. The van der Waals surface area contributed by atoms with Crippen molar-refractivity contribution in [1.82, 2.24) is 9.55 Å². The maximum Gasteiger partial charge on any atom is 0.138 e. The predicted octanol–water partition coefficient (Wildman–Crippen LogP) is 4.99. The summed E-state index contributed by atoms with van der Waals surface area (Å²) in [5.74, 6) is 2.13. The van der Waals surface area contributed by atoms with Gasteiger partial charge in [0.1, 0.15) is 17.7 Å². The molecule has 0 radical (unpaired) electrons. The second-order valence-corrected chi connectivity index (χ2v) is 7.18.